The van der Waals surface area contributed by atoms with Crippen molar-refractivity contribution in [3.05, 3.63) is 251 Å². The monoisotopic (exact) mass is 1030 g/mol. The van der Waals surface area contributed by atoms with Gasteiger partial charge in [-0.2, -0.15) is 0 Å². The first-order chi connectivity index (χ1) is 38.9. The standard InChI is InChI=1S/C76H56N2O2/c1-43-19-11-15-25-63(43)77(46-30-32-48-54-41-61-56(42-60(54)75(4,5)58(48)38-46)70-57(74(61,2)3)34-36-68-71(70)51-23-13-17-27-66(51)79-68)47-31-33-50-59(39-47)76(6,7)62-40-53(73-72(69(50)62)52-24-14-18-28-67(52)80-73)44-29-35-65-55(37-44)49-22-12-16-26-64(49)78(65)45-20-9-8-10-21-45/h8-42H,1-7H3. The third kappa shape index (κ3) is 5.90. The lowest BCUT2D eigenvalue weighted by atomic mass is 9.79. The van der Waals surface area contributed by atoms with Crippen molar-refractivity contribution in [1.29, 1.82) is 0 Å². The summed E-state index contributed by atoms with van der Waals surface area (Å²) in [5, 5.41) is 7.16. The SMILES string of the molecule is Cc1ccccc1N(c1ccc2c(c1)C(C)(C)c1cc3c(cc1-2)C(C)(C)c1ccc2oc4ccccc4c2c1-3)c1ccc2c(c1)C(C)(C)c1cc(-c3ccc4c(c3)c3ccccc3n4-c3ccccc3)c3oc4ccccc4c3c1-2. The van der Waals surface area contributed by atoms with Crippen LogP contribution >= 0.6 is 0 Å². The maximum absolute atomic E-state index is 7.05. The van der Waals surface area contributed by atoms with Gasteiger partial charge >= 0.3 is 0 Å². The first kappa shape index (κ1) is 45.6. The molecule has 0 saturated heterocycles. The molecule has 80 heavy (non-hydrogen) atoms. The second-order valence-corrected chi connectivity index (χ2v) is 24.4. The number of aromatic nitrogens is 1. The van der Waals surface area contributed by atoms with Gasteiger partial charge < -0.3 is 18.3 Å². The van der Waals surface area contributed by atoms with Crippen LogP contribution in [-0.2, 0) is 16.2 Å². The van der Waals surface area contributed by atoms with Crippen molar-refractivity contribution >= 4 is 82.7 Å². The van der Waals surface area contributed by atoms with E-state index >= 15 is 0 Å². The molecule has 3 aromatic heterocycles. The molecule has 0 N–H and O–H groups in total. The molecule has 0 saturated carbocycles. The molecule has 382 valence electrons. The minimum Gasteiger partial charge on any atom is -0.456 e. The van der Waals surface area contributed by atoms with Crippen LogP contribution < -0.4 is 4.90 Å². The largest absolute Gasteiger partial charge is 0.456 e. The van der Waals surface area contributed by atoms with Crippen LogP contribution in [0.15, 0.2) is 221 Å². The van der Waals surface area contributed by atoms with Crippen molar-refractivity contribution in [2.75, 3.05) is 4.90 Å². The van der Waals surface area contributed by atoms with Gasteiger partial charge in [0, 0.05) is 76.9 Å². The fourth-order valence-electron chi connectivity index (χ4n) is 15.1. The second kappa shape index (κ2) is 15.7. The Morgan fingerprint density at radius 2 is 0.925 bits per heavy atom. The molecule has 0 unspecified atom stereocenters. The van der Waals surface area contributed by atoms with Crippen molar-refractivity contribution in [3.63, 3.8) is 0 Å². The Labute approximate surface area is 464 Å². The predicted octanol–water partition coefficient (Wildman–Crippen LogP) is 20.9. The van der Waals surface area contributed by atoms with Gasteiger partial charge in [-0.05, 0) is 182 Å². The average Bonchev–Trinajstić information content (AvgIpc) is 4.48. The number of hydrogen-bond acceptors (Lipinski definition) is 3. The van der Waals surface area contributed by atoms with E-state index in [1.165, 1.54) is 110 Å². The van der Waals surface area contributed by atoms with E-state index in [2.05, 4.69) is 270 Å². The fourth-order valence-corrected chi connectivity index (χ4v) is 15.1. The van der Waals surface area contributed by atoms with E-state index in [1.807, 2.05) is 0 Å². The Hall–Kier alpha value is -9.38. The summed E-state index contributed by atoms with van der Waals surface area (Å²) in [6.07, 6.45) is 0. The van der Waals surface area contributed by atoms with Gasteiger partial charge in [-0.25, -0.2) is 0 Å². The van der Waals surface area contributed by atoms with Gasteiger partial charge in [0.15, 0.2) is 0 Å². The van der Waals surface area contributed by atoms with Crippen molar-refractivity contribution in [2.24, 2.45) is 0 Å². The van der Waals surface area contributed by atoms with Gasteiger partial charge in [-0.1, -0.05) is 157 Å². The Morgan fingerprint density at radius 3 is 1.70 bits per heavy atom. The normalized spacial score (nSPS) is 15.0. The molecular formula is C76H56N2O2. The summed E-state index contributed by atoms with van der Waals surface area (Å²) in [6.45, 7) is 16.7. The molecule has 11 aromatic carbocycles. The van der Waals surface area contributed by atoms with E-state index in [9.17, 15) is 0 Å². The zero-order chi connectivity index (χ0) is 53.7. The van der Waals surface area contributed by atoms with Crippen LogP contribution in [0.3, 0.4) is 0 Å². The zero-order valence-corrected chi connectivity index (χ0v) is 45.9. The number of hydrogen-bond donors (Lipinski definition) is 0. The molecule has 3 heterocycles. The van der Waals surface area contributed by atoms with E-state index in [0.717, 1.165) is 61.6 Å². The summed E-state index contributed by atoms with van der Waals surface area (Å²) in [6, 6.07) is 78.9. The molecule has 0 atom stereocenters. The number of furan rings is 2. The van der Waals surface area contributed by atoms with Crippen LogP contribution in [0.25, 0.3) is 116 Å². The summed E-state index contributed by atoms with van der Waals surface area (Å²) in [5.74, 6) is 0. The van der Waals surface area contributed by atoms with Crippen LogP contribution in [0.4, 0.5) is 17.1 Å². The lowest BCUT2D eigenvalue weighted by Crippen LogP contribution is -2.18. The molecule has 0 fully saturated rings. The van der Waals surface area contributed by atoms with Gasteiger partial charge in [0.2, 0.25) is 0 Å². The van der Waals surface area contributed by atoms with Crippen molar-refractivity contribution in [3.8, 4) is 50.2 Å². The van der Waals surface area contributed by atoms with E-state index in [0.29, 0.717) is 0 Å². The topological polar surface area (TPSA) is 34.5 Å². The molecule has 4 heteroatoms. The summed E-state index contributed by atoms with van der Waals surface area (Å²) in [4.78, 5) is 2.50. The molecule has 0 aliphatic heterocycles. The molecule has 0 amide bonds. The van der Waals surface area contributed by atoms with Gasteiger partial charge in [-0.15, -0.1) is 0 Å². The van der Waals surface area contributed by atoms with Crippen molar-refractivity contribution < 1.29 is 8.83 Å². The molecule has 0 radical (unpaired) electrons. The highest BCUT2D eigenvalue weighted by molar-refractivity contribution is 6.20. The Bertz CT molecular complexity index is 5050. The third-order valence-electron chi connectivity index (χ3n) is 19.1. The number of nitrogens with zero attached hydrogens (tertiary/aromatic N) is 2. The van der Waals surface area contributed by atoms with E-state index in [-0.39, 0.29) is 16.2 Å². The maximum atomic E-state index is 7.05. The highest BCUT2D eigenvalue weighted by Gasteiger charge is 2.44. The Balaban J connectivity index is 0.816. The van der Waals surface area contributed by atoms with Gasteiger partial charge in [0.1, 0.15) is 22.3 Å². The highest BCUT2D eigenvalue weighted by atomic mass is 16.3. The molecule has 14 aromatic rings. The summed E-state index contributed by atoms with van der Waals surface area (Å²) >= 11 is 0. The van der Waals surface area contributed by atoms with Crippen LogP contribution in [0.2, 0.25) is 0 Å². The van der Waals surface area contributed by atoms with Gasteiger partial charge in [0.05, 0.1) is 11.0 Å². The maximum Gasteiger partial charge on any atom is 0.143 e. The zero-order valence-electron chi connectivity index (χ0n) is 45.9. The van der Waals surface area contributed by atoms with Gasteiger partial charge in [-0.3, -0.25) is 0 Å². The number of para-hydroxylation sites is 5. The minimum absolute atomic E-state index is 0.181. The summed E-state index contributed by atoms with van der Waals surface area (Å²) in [7, 11) is 0. The Morgan fingerprint density at radius 1 is 0.362 bits per heavy atom. The molecule has 3 aliphatic rings. The third-order valence-corrected chi connectivity index (χ3v) is 19.1. The molecule has 0 spiro atoms. The van der Waals surface area contributed by atoms with Crippen LogP contribution in [0.1, 0.15) is 80.5 Å². The predicted molar refractivity (Wildman–Crippen MR) is 333 cm³/mol. The number of benzene rings is 11. The van der Waals surface area contributed by atoms with Crippen LogP contribution in [-0.4, -0.2) is 4.57 Å². The molecule has 0 bridgehead atoms. The minimum atomic E-state index is -0.352. The molecule has 4 nitrogen and oxygen atoms in total. The van der Waals surface area contributed by atoms with Crippen LogP contribution in [0.5, 0.6) is 0 Å². The molecule has 17 rings (SSSR count). The highest BCUT2D eigenvalue weighted by Crippen LogP contribution is 2.60. The first-order valence-corrected chi connectivity index (χ1v) is 28.2. The summed E-state index contributed by atoms with van der Waals surface area (Å²) in [5.41, 5.74) is 29.2. The van der Waals surface area contributed by atoms with E-state index < -0.39 is 0 Å². The lowest BCUT2D eigenvalue weighted by Gasteiger charge is -2.30. The number of aryl methyl sites for hydroxylation is 1. The first-order valence-electron chi connectivity index (χ1n) is 28.2. The smallest absolute Gasteiger partial charge is 0.143 e. The number of rotatable bonds is 5. The Kier molecular flexibility index (Phi) is 8.94. The summed E-state index contributed by atoms with van der Waals surface area (Å²) < 4.78 is 15.9. The molecule has 3 aliphatic carbocycles. The fraction of sp³-hybridized carbons (Fsp3) is 0.132. The van der Waals surface area contributed by atoms with E-state index in [4.69, 9.17) is 8.83 Å². The van der Waals surface area contributed by atoms with Crippen molar-refractivity contribution in [2.45, 2.75) is 64.7 Å². The molecular weight excluding hydrogens is 973 g/mol. The number of anilines is 3. The second-order valence-electron chi connectivity index (χ2n) is 24.4. The van der Waals surface area contributed by atoms with E-state index in [1.54, 1.807) is 0 Å². The van der Waals surface area contributed by atoms with Crippen LogP contribution in [0, 0.1) is 6.92 Å². The average molecular weight is 1030 g/mol. The lowest BCUT2D eigenvalue weighted by molar-refractivity contribution is 0.651. The van der Waals surface area contributed by atoms with Crippen molar-refractivity contribution in [1.82, 2.24) is 4.57 Å². The quantitative estimate of drug-likeness (QED) is 0.172. The van der Waals surface area contributed by atoms with Gasteiger partial charge in [0.25, 0.3) is 0 Å². The number of fused-ring (bicyclic) bond motifs is 20.